The molecule has 1 atom stereocenters. The van der Waals surface area contributed by atoms with Crippen LogP contribution in [0.3, 0.4) is 0 Å². The molecule has 0 spiro atoms. The average Bonchev–Trinajstić information content (AvgIpc) is 2.88. The van der Waals surface area contributed by atoms with Gasteiger partial charge in [0.05, 0.1) is 0 Å². The standard InChI is InChI=1S/C19H27NO4/c1-4-12-20(17(23)24-13-15-8-6-5-7-9-15)19(16(21)22)11-10-18(2,3)14-19/h5-9H,4,10-14H2,1-3H3,(H,21,22). The molecule has 24 heavy (non-hydrogen) atoms. The number of ether oxygens (including phenoxy) is 1. The fraction of sp³-hybridized carbons (Fsp3) is 0.579. The molecule has 1 aliphatic rings. The monoisotopic (exact) mass is 333 g/mol. The van der Waals surface area contributed by atoms with Crippen LogP contribution in [-0.4, -0.2) is 34.2 Å². The van der Waals surface area contributed by atoms with Gasteiger partial charge in [0, 0.05) is 6.54 Å². The number of carboxylic acids is 1. The third-order valence-electron chi connectivity index (χ3n) is 4.77. The molecule has 0 aliphatic heterocycles. The van der Waals surface area contributed by atoms with Crippen molar-refractivity contribution in [3.8, 4) is 0 Å². The van der Waals surface area contributed by atoms with Crippen molar-refractivity contribution < 1.29 is 19.4 Å². The van der Waals surface area contributed by atoms with Crippen LogP contribution < -0.4 is 0 Å². The maximum absolute atomic E-state index is 12.7. The Hall–Kier alpha value is -2.04. The quantitative estimate of drug-likeness (QED) is 0.852. The highest BCUT2D eigenvalue weighted by Crippen LogP contribution is 2.47. The fourth-order valence-electron chi connectivity index (χ4n) is 3.54. The van der Waals surface area contributed by atoms with Crippen LogP contribution in [0.1, 0.15) is 52.0 Å². The molecule has 5 nitrogen and oxygen atoms in total. The number of aliphatic carboxylic acids is 1. The molecule has 0 heterocycles. The molecule has 1 aliphatic carbocycles. The first-order chi connectivity index (χ1) is 11.3. The Morgan fingerprint density at radius 1 is 1.21 bits per heavy atom. The molecule has 1 aromatic carbocycles. The van der Waals surface area contributed by atoms with Crippen LogP contribution in [0.25, 0.3) is 0 Å². The molecule has 1 N–H and O–H groups in total. The molecular formula is C19H27NO4. The summed E-state index contributed by atoms with van der Waals surface area (Å²) in [5.74, 6) is -0.932. The maximum atomic E-state index is 12.7. The van der Waals surface area contributed by atoms with Gasteiger partial charge in [-0.25, -0.2) is 9.59 Å². The second-order valence-corrected chi connectivity index (χ2v) is 7.37. The topological polar surface area (TPSA) is 66.8 Å². The number of carbonyl (C=O) groups is 2. The highest BCUT2D eigenvalue weighted by atomic mass is 16.6. The van der Waals surface area contributed by atoms with Crippen LogP contribution in [0, 0.1) is 5.41 Å². The molecule has 132 valence electrons. The summed E-state index contributed by atoms with van der Waals surface area (Å²) in [5.41, 5.74) is -0.365. The van der Waals surface area contributed by atoms with Gasteiger partial charge in [0.2, 0.25) is 0 Å². The van der Waals surface area contributed by atoms with Crippen molar-refractivity contribution in [3.63, 3.8) is 0 Å². The number of hydrogen-bond donors (Lipinski definition) is 1. The number of carboxylic acid groups (broad SMARTS) is 1. The van der Waals surface area contributed by atoms with Crippen LogP contribution in [0.15, 0.2) is 30.3 Å². The van der Waals surface area contributed by atoms with Crippen molar-refractivity contribution >= 4 is 12.1 Å². The lowest BCUT2D eigenvalue weighted by Crippen LogP contribution is -2.56. The van der Waals surface area contributed by atoms with Crippen LogP contribution >= 0.6 is 0 Å². The zero-order valence-corrected chi connectivity index (χ0v) is 14.7. The highest BCUT2D eigenvalue weighted by Gasteiger charge is 2.54. The molecule has 0 aromatic heterocycles. The Bertz CT molecular complexity index is 584. The van der Waals surface area contributed by atoms with Gasteiger partial charge in [0.1, 0.15) is 12.1 Å². The molecule has 5 heteroatoms. The Morgan fingerprint density at radius 2 is 1.88 bits per heavy atom. The minimum absolute atomic E-state index is 0.0932. The lowest BCUT2D eigenvalue weighted by Gasteiger charge is -2.38. The van der Waals surface area contributed by atoms with Crippen molar-refractivity contribution in [2.75, 3.05) is 6.54 Å². The number of carbonyl (C=O) groups excluding carboxylic acids is 1. The summed E-state index contributed by atoms with van der Waals surface area (Å²) in [6.45, 7) is 6.58. The Balaban J connectivity index is 2.17. The molecule has 0 saturated heterocycles. The second-order valence-electron chi connectivity index (χ2n) is 7.37. The van der Waals surface area contributed by atoms with Gasteiger partial charge in [0.15, 0.2) is 0 Å². The van der Waals surface area contributed by atoms with Gasteiger partial charge in [0.25, 0.3) is 0 Å². The number of rotatable bonds is 6. The summed E-state index contributed by atoms with van der Waals surface area (Å²) in [6.07, 6.45) is 1.85. The Labute approximate surface area is 143 Å². The average molecular weight is 333 g/mol. The third kappa shape index (κ3) is 3.89. The molecule has 0 bridgehead atoms. The number of benzene rings is 1. The predicted molar refractivity (Wildman–Crippen MR) is 91.6 cm³/mol. The van der Waals surface area contributed by atoms with Crippen LogP contribution in [0.5, 0.6) is 0 Å². The zero-order chi connectivity index (χ0) is 17.8. The molecule has 1 amide bonds. The lowest BCUT2D eigenvalue weighted by atomic mass is 9.86. The van der Waals surface area contributed by atoms with Gasteiger partial charge in [-0.3, -0.25) is 4.90 Å². The lowest BCUT2D eigenvalue weighted by molar-refractivity contribution is -0.151. The smallest absolute Gasteiger partial charge is 0.411 e. The molecule has 1 fully saturated rings. The second kappa shape index (κ2) is 7.24. The van der Waals surface area contributed by atoms with E-state index in [2.05, 4.69) is 13.8 Å². The van der Waals surface area contributed by atoms with Crippen molar-refractivity contribution in [2.24, 2.45) is 5.41 Å². The third-order valence-corrected chi connectivity index (χ3v) is 4.77. The molecule has 1 saturated carbocycles. The van der Waals surface area contributed by atoms with E-state index in [-0.39, 0.29) is 12.0 Å². The number of nitrogens with zero attached hydrogens (tertiary/aromatic N) is 1. The zero-order valence-electron chi connectivity index (χ0n) is 14.7. The number of amides is 1. The van der Waals surface area contributed by atoms with E-state index < -0.39 is 17.6 Å². The van der Waals surface area contributed by atoms with E-state index in [4.69, 9.17) is 4.74 Å². The van der Waals surface area contributed by atoms with Gasteiger partial charge < -0.3 is 9.84 Å². The predicted octanol–water partition coefficient (Wildman–Crippen LogP) is 4.07. The Morgan fingerprint density at radius 3 is 2.38 bits per heavy atom. The van der Waals surface area contributed by atoms with Crippen molar-refractivity contribution in [1.29, 1.82) is 0 Å². The largest absolute Gasteiger partial charge is 0.479 e. The molecule has 1 aromatic rings. The summed E-state index contributed by atoms with van der Waals surface area (Å²) < 4.78 is 5.42. The first-order valence-corrected chi connectivity index (χ1v) is 8.52. The molecule has 0 radical (unpaired) electrons. The van der Waals surface area contributed by atoms with Gasteiger partial charge in [-0.2, -0.15) is 0 Å². The number of hydrogen-bond acceptors (Lipinski definition) is 3. The summed E-state index contributed by atoms with van der Waals surface area (Å²) >= 11 is 0. The van der Waals surface area contributed by atoms with Crippen molar-refractivity contribution in [2.45, 2.75) is 58.6 Å². The van der Waals surface area contributed by atoms with Gasteiger partial charge >= 0.3 is 12.1 Å². The van der Waals surface area contributed by atoms with E-state index in [0.717, 1.165) is 12.0 Å². The summed E-state index contributed by atoms with van der Waals surface area (Å²) in [7, 11) is 0. The van der Waals surface area contributed by atoms with E-state index in [0.29, 0.717) is 25.8 Å². The van der Waals surface area contributed by atoms with E-state index in [9.17, 15) is 14.7 Å². The van der Waals surface area contributed by atoms with Crippen molar-refractivity contribution in [3.05, 3.63) is 35.9 Å². The van der Waals surface area contributed by atoms with Crippen LogP contribution in [0.4, 0.5) is 4.79 Å². The minimum atomic E-state index is -1.16. The van der Waals surface area contributed by atoms with Crippen molar-refractivity contribution in [1.82, 2.24) is 4.90 Å². The summed E-state index contributed by atoms with van der Waals surface area (Å²) in [4.78, 5) is 26.1. The molecule has 2 rings (SSSR count). The van der Waals surface area contributed by atoms with Gasteiger partial charge in [-0.1, -0.05) is 51.1 Å². The van der Waals surface area contributed by atoms with Crippen LogP contribution in [-0.2, 0) is 16.1 Å². The van der Waals surface area contributed by atoms with E-state index in [1.807, 2.05) is 37.3 Å². The molecule has 1 unspecified atom stereocenters. The summed E-state index contributed by atoms with van der Waals surface area (Å²) in [5, 5.41) is 9.88. The Kier molecular flexibility index (Phi) is 5.52. The van der Waals surface area contributed by atoms with Gasteiger partial charge in [-0.15, -0.1) is 0 Å². The van der Waals surface area contributed by atoms with Crippen LogP contribution in [0.2, 0.25) is 0 Å². The normalized spacial score (nSPS) is 22.1. The minimum Gasteiger partial charge on any atom is -0.479 e. The summed E-state index contributed by atoms with van der Waals surface area (Å²) in [6, 6.07) is 9.41. The molecular weight excluding hydrogens is 306 g/mol. The first-order valence-electron chi connectivity index (χ1n) is 8.52. The maximum Gasteiger partial charge on any atom is 0.411 e. The van der Waals surface area contributed by atoms with E-state index in [1.165, 1.54) is 4.90 Å². The highest BCUT2D eigenvalue weighted by molar-refractivity contribution is 5.85. The van der Waals surface area contributed by atoms with Gasteiger partial charge in [-0.05, 0) is 36.7 Å². The van der Waals surface area contributed by atoms with E-state index in [1.54, 1.807) is 0 Å². The first kappa shape index (κ1) is 18.3. The fourth-order valence-corrected chi connectivity index (χ4v) is 3.54. The SMILES string of the molecule is CCCN(C(=O)OCc1ccccc1)C1(C(=O)O)CCC(C)(C)C1. The van der Waals surface area contributed by atoms with E-state index >= 15 is 0 Å².